The van der Waals surface area contributed by atoms with Gasteiger partial charge in [0.1, 0.15) is 0 Å². The number of piperidine rings is 1. The lowest BCUT2D eigenvalue weighted by Gasteiger charge is -2.34. The van der Waals surface area contributed by atoms with E-state index in [2.05, 4.69) is 17.1 Å². The van der Waals surface area contributed by atoms with E-state index in [1.807, 2.05) is 30.3 Å². The molecule has 0 saturated carbocycles. The Morgan fingerprint density at radius 1 is 1.26 bits per heavy atom. The first-order chi connectivity index (χ1) is 9.31. The maximum Gasteiger partial charge on any atom is 0.176 e. The summed E-state index contributed by atoms with van der Waals surface area (Å²) in [7, 11) is 0. The Labute approximate surface area is 116 Å². The maximum absolute atomic E-state index is 12.3. The van der Waals surface area contributed by atoms with Crippen LogP contribution in [0.3, 0.4) is 0 Å². The Morgan fingerprint density at radius 2 is 1.95 bits per heavy atom. The van der Waals surface area contributed by atoms with Crippen molar-refractivity contribution in [1.82, 2.24) is 10.2 Å². The van der Waals surface area contributed by atoms with Crippen LogP contribution in [-0.2, 0) is 0 Å². The summed E-state index contributed by atoms with van der Waals surface area (Å²) in [6.45, 7) is 5.90. The van der Waals surface area contributed by atoms with E-state index in [4.69, 9.17) is 0 Å². The zero-order chi connectivity index (χ0) is 13.5. The number of hydrogen-bond acceptors (Lipinski definition) is 3. The van der Waals surface area contributed by atoms with Crippen molar-refractivity contribution in [2.45, 2.75) is 32.2 Å². The van der Waals surface area contributed by atoms with Gasteiger partial charge in [-0.15, -0.1) is 0 Å². The van der Waals surface area contributed by atoms with Gasteiger partial charge in [0.25, 0.3) is 0 Å². The molecule has 1 heterocycles. The zero-order valence-corrected chi connectivity index (χ0v) is 11.8. The topological polar surface area (TPSA) is 32.3 Å². The molecule has 1 aromatic carbocycles. The van der Waals surface area contributed by atoms with Crippen LogP contribution in [0.1, 0.15) is 36.5 Å². The predicted molar refractivity (Wildman–Crippen MR) is 78.5 cm³/mol. The molecule has 0 radical (unpaired) electrons. The van der Waals surface area contributed by atoms with Gasteiger partial charge in [-0.05, 0) is 38.9 Å². The van der Waals surface area contributed by atoms with Gasteiger partial charge >= 0.3 is 0 Å². The fraction of sp³-hybridized carbons (Fsp3) is 0.562. The Morgan fingerprint density at radius 3 is 2.58 bits per heavy atom. The van der Waals surface area contributed by atoms with E-state index < -0.39 is 0 Å². The zero-order valence-electron chi connectivity index (χ0n) is 11.8. The van der Waals surface area contributed by atoms with Gasteiger partial charge in [-0.3, -0.25) is 9.69 Å². The van der Waals surface area contributed by atoms with E-state index in [1.54, 1.807) is 0 Å². The first-order valence-corrected chi connectivity index (χ1v) is 7.34. The highest BCUT2D eigenvalue weighted by molar-refractivity contribution is 5.97. The van der Waals surface area contributed by atoms with E-state index in [-0.39, 0.29) is 5.78 Å². The van der Waals surface area contributed by atoms with Crippen LogP contribution in [0.5, 0.6) is 0 Å². The van der Waals surface area contributed by atoms with Gasteiger partial charge in [0.05, 0.1) is 6.54 Å². The van der Waals surface area contributed by atoms with Crippen LogP contribution in [0.2, 0.25) is 0 Å². The van der Waals surface area contributed by atoms with Crippen molar-refractivity contribution in [2.24, 2.45) is 0 Å². The Hall–Kier alpha value is -1.19. The standard InChI is InChI=1S/C16H24N2O/c1-2-12-18(15-8-10-17-11-9-15)13-16(19)14-6-4-3-5-7-14/h3-7,15,17H,2,8-13H2,1H3. The van der Waals surface area contributed by atoms with Gasteiger partial charge < -0.3 is 5.32 Å². The molecule has 0 aromatic heterocycles. The van der Waals surface area contributed by atoms with E-state index in [9.17, 15) is 4.79 Å². The number of carbonyl (C=O) groups excluding carboxylic acids is 1. The molecule has 1 aliphatic rings. The minimum Gasteiger partial charge on any atom is -0.317 e. The number of hydrogen-bond donors (Lipinski definition) is 1. The third kappa shape index (κ3) is 4.15. The van der Waals surface area contributed by atoms with Crippen molar-refractivity contribution in [3.8, 4) is 0 Å². The average molecular weight is 260 g/mol. The van der Waals surface area contributed by atoms with Gasteiger partial charge in [-0.2, -0.15) is 0 Å². The van der Waals surface area contributed by atoms with Crippen LogP contribution >= 0.6 is 0 Å². The van der Waals surface area contributed by atoms with E-state index in [0.717, 1.165) is 44.5 Å². The number of carbonyl (C=O) groups is 1. The monoisotopic (exact) mass is 260 g/mol. The van der Waals surface area contributed by atoms with Crippen molar-refractivity contribution in [3.63, 3.8) is 0 Å². The summed E-state index contributed by atoms with van der Waals surface area (Å²) in [5, 5.41) is 3.39. The molecule has 0 unspecified atom stereocenters. The molecule has 3 heteroatoms. The largest absolute Gasteiger partial charge is 0.317 e. The molecular weight excluding hydrogens is 236 g/mol. The van der Waals surface area contributed by atoms with Crippen LogP contribution < -0.4 is 5.32 Å². The Kier molecular flexibility index (Phi) is 5.55. The second-order valence-corrected chi connectivity index (χ2v) is 5.24. The van der Waals surface area contributed by atoms with Crippen molar-refractivity contribution in [1.29, 1.82) is 0 Å². The number of rotatable bonds is 6. The number of ketones is 1. The number of nitrogens with one attached hydrogen (secondary N) is 1. The average Bonchev–Trinajstić information content (AvgIpc) is 2.48. The first-order valence-electron chi connectivity index (χ1n) is 7.34. The third-order valence-electron chi connectivity index (χ3n) is 3.78. The molecule has 1 aliphatic heterocycles. The van der Waals surface area contributed by atoms with Gasteiger partial charge in [0.15, 0.2) is 5.78 Å². The maximum atomic E-state index is 12.3. The molecule has 1 fully saturated rings. The van der Waals surface area contributed by atoms with Gasteiger partial charge in [-0.25, -0.2) is 0 Å². The predicted octanol–water partition coefficient (Wildman–Crippen LogP) is 2.33. The van der Waals surface area contributed by atoms with E-state index in [1.165, 1.54) is 0 Å². The second-order valence-electron chi connectivity index (χ2n) is 5.24. The highest BCUT2D eigenvalue weighted by atomic mass is 16.1. The van der Waals surface area contributed by atoms with Crippen LogP contribution in [-0.4, -0.2) is 42.9 Å². The van der Waals surface area contributed by atoms with Gasteiger partial charge in [0, 0.05) is 11.6 Å². The van der Waals surface area contributed by atoms with Crippen molar-refractivity contribution >= 4 is 5.78 Å². The minimum atomic E-state index is 0.243. The molecule has 1 N–H and O–H groups in total. The molecule has 1 saturated heterocycles. The molecule has 0 atom stereocenters. The molecule has 1 aromatic rings. The van der Waals surface area contributed by atoms with Crippen LogP contribution in [0.4, 0.5) is 0 Å². The van der Waals surface area contributed by atoms with Crippen molar-refractivity contribution in [3.05, 3.63) is 35.9 Å². The highest BCUT2D eigenvalue weighted by Gasteiger charge is 2.22. The summed E-state index contributed by atoms with van der Waals surface area (Å²) in [6, 6.07) is 10.2. The van der Waals surface area contributed by atoms with Gasteiger partial charge in [-0.1, -0.05) is 37.3 Å². The fourth-order valence-corrected chi connectivity index (χ4v) is 2.75. The summed E-state index contributed by atoms with van der Waals surface area (Å²) < 4.78 is 0. The minimum absolute atomic E-state index is 0.243. The Bertz CT molecular complexity index is 385. The summed E-state index contributed by atoms with van der Waals surface area (Å²) in [6.07, 6.45) is 3.41. The quantitative estimate of drug-likeness (QED) is 0.797. The van der Waals surface area contributed by atoms with Crippen LogP contribution in [0, 0.1) is 0 Å². The molecule has 2 rings (SSSR count). The number of benzene rings is 1. The summed E-state index contributed by atoms with van der Waals surface area (Å²) in [5.74, 6) is 0.243. The molecule has 0 amide bonds. The number of nitrogens with zero attached hydrogens (tertiary/aromatic N) is 1. The van der Waals surface area contributed by atoms with Crippen molar-refractivity contribution < 1.29 is 4.79 Å². The SMILES string of the molecule is CCCN(CC(=O)c1ccccc1)C1CCNCC1. The molecular formula is C16H24N2O. The first kappa shape index (κ1) is 14.2. The van der Waals surface area contributed by atoms with Gasteiger partial charge in [0.2, 0.25) is 0 Å². The molecule has 104 valence electrons. The molecule has 0 bridgehead atoms. The smallest absolute Gasteiger partial charge is 0.176 e. The van der Waals surface area contributed by atoms with E-state index >= 15 is 0 Å². The lowest BCUT2D eigenvalue weighted by atomic mass is 10.0. The summed E-state index contributed by atoms with van der Waals surface area (Å²) in [5.41, 5.74) is 0.831. The number of Topliss-reactive ketones (excluding diaryl/α,β-unsaturated/α-hetero) is 1. The second kappa shape index (κ2) is 7.41. The summed E-state index contributed by atoms with van der Waals surface area (Å²) >= 11 is 0. The molecule has 19 heavy (non-hydrogen) atoms. The van der Waals surface area contributed by atoms with Crippen LogP contribution in [0.15, 0.2) is 30.3 Å². The third-order valence-corrected chi connectivity index (χ3v) is 3.78. The molecule has 0 aliphatic carbocycles. The molecule has 3 nitrogen and oxygen atoms in total. The normalized spacial score (nSPS) is 16.7. The van der Waals surface area contributed by atoms with Crippen LogP contribution in [0.25, 0.3) is 0 Å². The lowest BCUT2D eigenvalue weighted by molar-refractivity contribution is 0.0865. The summed E-state index contributed by atoms with van der Waals surface area (Å²) in [4.78, 5) is 14.7. The Balaban J connectivity index is 1.97. The lowest BCUT2D eigenvalue weighted by Crippen LogP contribution is -2.45. The molecule has 0 spiro atoms. The van der Waals surface area contributed by atoms with Crippen molar-refractivity contribution in [2.75, 3.05) is 26.2 Å². The highest BCUT2D eigenvalue weighted by Crippen LogP contribution is 2.13. The van der Waals surface area contributed by atoms with E-state index in [0.29, 0.717) is 12.6 Å². The fourth-order valence-electron chi connectivity index (χ4n) is 2.75.